The maximum Gasteiger partial charge on any atom is 0.169 e. The molecule has 0 atom stereocenters. The van der Waals surface area contributed by atoms with Crippen LogP contribution in [-0.4, -0.2) is 16.7 Å². The summed E-state index contributed by atoms with van der Waals surface area (Å²) in [5.74, 6) is 1.78. The van der Waals surface area contributed by atoms with Gasteiger partial charge in [0.25, 0.3) is 0 Å². The largest absolute Gasteiger partial charge is 0.497 e. The van der Waals surface area contributed by atoms with Crippen LogP contribution >= 0.6 is 11.8 Å². The van der Waals surface area contributed by atoms with E-state index in [4.69, 9.17) is 4.74 Å². The lowest BCUT2D eigenvalue weighted by atomic mass is 10.2. The smallest absolute Gasteiger partial charge is 0.169 e. The molecule has 0 radical (unpaired) electrons. The van der Waals surface area contributed by atoms with E-state index in [0.29, 0.717) is 0 Å². The van der Waals surface area contributed by atoms with Crippen LogP contribution in [0.5, 0.6) is 5.75 Å². The molecule has 1 heterocycles. The van der Waals surface area contributed by atoms with E-state index in [1.54, 1.807) is 18.9 Å². The average molecular weight is 284 g/mol. The van der Waals surface area contributed by atoms with Crippen molar-refractivity contribution in [2.45, 2.75) is 10.9 Å². The highest BCUT2D eigenvalue weighted by Crippen LogP contribution is 2.26. The molecule has 0 unspecified atom stereocenters. The molecule has 0 saturated carbocycles. The molecule has 3 rings (SSSR count). The van der Waals surface area contributed by atoms with Crippen LogP contribution in [0.4, 0.5) is 0 Å². The van der Waals surface area contributed by atoms with Crippen molar-refractivity contribution in [1.82, 2.24) is 9.55 Å². The summed E-state index contributed by atoms with van der Waals surface area (Å²) in [4.78, 5) is 4.66. The van der Waals surface area contributed by atoms with Crippen molar-refractivity contribution < 1.29 is 4.74 Å². The highest BCUT2D eigenvalue weighted by atomic mass is 32.2. The number of aromatic nitrogens is 2. The van der Waals surface area contributed by atoms with Gasteiger partial charge >= 0.3 is 0 Å². The first kappa shape index (κ1) is 13.1. The SMILES string of the molecule is COc1cccc(CSc2nc3ccccc3n2C)c1. The van der Waals surface area contributed by atoms with Gasteiger partial charge in [-0.2, -0.15) is 0 Å². The lowest BCUT2D eigenvalue weighted by Gasteiger charge is -2.04. The number of rotatable bonds is 4. The molecule has 4 heteroatoms. The van der Waals surface area contributed by atoms with Crippen molar-refractivity contribution >= 4 is 22.8 Å². The van der Waals surface area contributed by atoms with Crippen LogP contribution in [0.25, 0.3) is 11.0 Å². The number of methoxy groups -OCH3 is 1. The average Bonchev–Trinajstić information content (AvgIpc) is 2.82. The maximum atomic E-state index is 5.25. The molecule has 0 amide bonds. The molecule has 0 N–H and O–H groups in total. The Hall–Kier alpha value is -1.94. The number of para-hydroxylation sites is 2. The van der Waals surface area contributed by atoms with Crippen LogP contribution in [0.2, 0.25) is 0 Å². The summed E-state index contributed by atoms with van der Waals surface area (Å²) in [5, 5.41) is 1.04. The summed E-state index contributed by atoms with van der Waals surface area (Å²) in [5.41, 5.74) is 3.45. The third-order valence-electron chi connectivity index (χ3n) is 3.25. The van der Waals surface area contributed by atoms with E-state index in [2.05, 4.69) is 34.8 Å². The van der Waals surface area contributed by atoms with Gasteiger partial charge in [0.2, 0.25) is 0 Å². The van der Waals surface area contributed by atoms with E-state index in [1.807, 2.05) is 30.3 Å². The van der Waals surface area contributed by atoms with E-state index >= 15 is 0 Å². The topological polar surface area (TPSA) is 27.1 Å². The van der Waals surface area contributed by atoms with Crippen molar-refractivity contribution in [2.75, 3.05) is 7.11 Å². The molecule has 20 heavy (non-hydrogen) atoms. The first-order chi connectivity index (χ1) is 9.78. The summed E-state index contributed by atoms with van der Waals surface area (Å²) in [7, 11) is 3.75. The van der Waals surface area contributed by atoms with Gasteiger partial charge in [-0.15, -0.1) is 0 Å². The van der Waals surface area contributed by atoms with Gasteiger partial charge in [0, 0.05) is 12.8 Å². The number of aryl methyl sites for hydroxylation is 1. The van der Waals surface area contributed by atoms with Crippen LogP contribution in [0.15, 0.2) is 53.7 Å². The molecule has 3 nitrogen and oxygen atoms in total. The molecular weight excluding hydrogens is 268 g/mol. The molecule has 0 spiro atoms. The fourth-order valence-corrected chi connectivity index (χ4v) is 3.09. The first-order valence-corrected chi connectivity index (χ1v) is 7.43. The van der Waals surface area contributed by atoms with Crippen molar-refractivity contribution in [3.8, 4) is 5.75 Å². The van der Waals surface area contributed by atoms with E-state index in [1.165, 1.54) is 11.1 Å². The van der Waals surface area contributed by atoms with Crippen molar-refractivity contribution in [1.29, 1.82) is 0 Å². The number of thioether (sulfide) groups is 1. The Morgan fingerprint density at radius 1 is 1.15 bits per heavy atom. The van der Waals surface area contributed by atoms with E-state index in [-0.39, 0.29) is 0 Å². The zero-order valence-corrected chi connectivity index (χ0v) is 12.4. The number of nitrogens with zero attached hydrogens (tertiary/aromatic N) is 2. The van der Waals surface area contributed by atoms with Crippen molar-refractivity contribution in [3.63, 3.8) is 0 Å². The van der Waals surface area contributed by atoms with Crippen LogP contribution in [0.3, 0.4) is 0 Å². The molecule has 1 aromatic heterocycles. The third-order valence-corrected chi connectivity index (χ3v) is 4.35. The minimum Gasteiger partial charge on any atom is -0.497 e. The summed E-state index contributed by atoms with van der Waals surface area (Å²) in [6.07, 6.45) is 0. The number of ether oxygens (including phenoxy) is 1. The maximum absolute atomic E-state index is 5.25. The Bertz CT molecular complexity index is 736. The molecule has 0 fully saturated rings. The molecule has 0 bridgehead atoms. The first-order valence-electron chi connectivity index (χ1n) is 6.45. The van der Waals surface area contributed by atoms with Gasteiger partial charge in [-0.05, 0) is 29.8 Å². The number of hydrogen-bond donors (Lipinski definition) is 0. The molecular formula is C16H16N2OS. The van der Waals surface area contributed by atoms with Crippen LogP contribution in [0, 0.1) is 0 Å². The minimum atomic E-state index is 0.883. The van der Waals surface area contributed by atoms with Gasteiger partial charge < -0.3 is 9.30 Å². The van der Waals surface area contributed by atoms with Crippen LogP contribution in [-0.2, 0) is 12.8 Å². The van der Waals surface area contributed by atoms with Crippen LogP contribution < -0.4 is 4.74 Å². The van der Waals surface area contributed by atoms with E-state index in [9.17, 15) is 0 Å². The van der Waals surface area contributed by atoms with Gasteiger partial charge in [0.05, 0.1) is 18.1 Å². The van der Waals surface area contributed by atoms with Crippen LogP contribution in [0.1, 0.15) is 5.56 Å². The molecule has 2 aromatic carbocycles. The molecule has 0 aliphatic heterocycles. The van der Waals surface area contributed by atoms with Gasteiger partial charge in [-0.3, -0.25) is 0 Å². The fraction of sp³-hybridized carbons (Fsp3) is 0.188. The Morgan fingerprint density at radius 3 is 2.80 bits per heavy atom. The van der Waals surface area contributed by atoms with Crippen molar-refractivity contribution in [3.05, 3.63) is 54.1 Å². The predicted octanol–water partition coefficient (Wildman–Crippen LogP) is 3.87. The number of fused-ring (bicyclic) bond motifs is 1. The monoisotopic (exact) mass is 284 g/mol. The summed E-state index contributed by atoms with van der Waals surface area (Å²) in [6, 6.07) is 16.4. The second kappa shape index (κ2) is 5.59. The fourth-order valence-electron chi connectivity index (χ4n) is 2.16. The van der Waals surface area contributed by atoms with E-state index < -0.39 is 0 Å². The minimum absolute atomic E-state index is 0.883. The highest BCUT2D eigenvalue weighted by Gasteiger charge is 2.07. The number of hydrogen-bond acceptors (Lipinski definition) is 3. The van der Waals surface area contributed by atoms with Gasteiger partial charge in [-0.25, -0.2) is 4.98 Å². The van der Waals surface area contributed by atoms with Gasteiger partial charge in [-0.1, -0.05) is 36.0 Å². The molecule has 0 aliphatic carbocycles. The molecule has 0 aliphatic rings. The second-order valence-corrected chi connectivity index (χ2v) is 5.52. The molecule has 102 valence electrons. The second-order valence-electron chi connectivity index (χ2n) is 4.58. The Morgan fingerprint density at radius 2 is 2.00 bits per heavy atom. The molecule has 0 saturated heterocycles. The number of benzene rings is 2. The van der Waals surface area contributed by atoms with E-state index in [0.717, 1.165) is 22.2 Å². The highest BCUT2D eigenvalue weighted by molar-refractivity contribution is 7.98. The van der Waals surface area contributed by atoms with Gasteiger partial charge in [0.15, 0.2) is 5.16 Å². The summed E-state index contributed by atoms with van der Waals surface area (Å²) in [6.45, 7) is 0. The Balaban J connectivity index is 1.81. The van der Waals surface area contributed by atoms with Crippen molar-refractivity contribution in [2.24, 2.45) is 7.05 Å². The summed E-state index contributed by atoms with van der Waals surface area (Å²) >= 11 is 1.74. The Labute approximate surface area is 122 Å². The quantitative estimate of drug-likeness (QED) is 0.680. The Kier molecular flexibility index (Phi) is 3.65. The zero-order valence-electron chi connectivity index (χ0n) is 11.5. The normalized spacial score (nSPS) is 10.9. The standard InChI is InChI=1S/C16H16N2OS/c1-18-15-9-4-3-8-14(15)17-16(18)20-11-12-6-5-7-13(10-12)19-2/h3-10H,11H2,1-2H3. The zero-order chi connectivity index (χ0) is 13.9. The number of imidazole rings is 1. The molecule has 3 aromatic rings. The predicted molar refractivity (Wildman–Crippen MR) is 83.3 cm³/mol. The summed E-state index contributed by atoms with van der Waals surface area (Å²) < 4.78 is 7.39. The lowest BCUT2D eigenvalue weighted by Crippen LogP contribution is -1.91. The third kappa shape index (κ3) is 2.51. The van der Waals surface area contributed by atoms with Gasteiger partial charge in [0.1, 0.15) is 5.75 Å². The lowest BCUT2D eigenvalue weighted by molar-refractivity contribution is 0.414.